The maximum Gasteiger partial charge on any atom is 0.306 e. The summed E-state index contributed by atoms with van der Waals surface area (Å²) < 4.78 is 11.1. The molecule has 0 amide bonds. The molecule has 0 heterocycles. The number of carbonyl (C=O) groups is 1. The Labute approximate surface area is 262 Å². The summed E-state index contributed by atoms with van der Waals surface area (Å²) >= 11 is 0. The van der Waals surface area contributed by atoms with Crippen LogP contribution in [0.4, 0.5) is 0 Å². The quantitative estimate of drug-likeness (QED) is 0.0459. The van der Waals surface area contributed by atoms with Gasteiger partial charge < -0.3 is 14.6 Å². The van der Waals surface area contributed by atoms with Gasteiger partial charge in [0.15, 0.2) is 0 Å². The maximum atomic E-state index is 12.1. The minimum Gasteiger partial charge on any atom is -0.457 e. The van der Waals surface area contributed by atoms with E-state index in [0.29, 0.717) is 19.6 Å². The molecule has 0 fully saturated rings. The summed E-state index contributed by atoms with van der Waals surface area (Å²) in [6.07, 6.45) is 42.3. The molecular formula is C38H72O4. The molecule has 4 heteroatoms. The monoisotopic (exact) mass is 593 g/mol. The van der Waals surface area contributed by atoms with Crippen LogP contribution < -0.4 is 0 Å². The lowest BCUT2D eigenvalue weighted by molar-refractivity contribution is -0.154. The molecule has 0 spiro atoms. The Bertz CT molecular complexity index is 586. The van der Waals surface area contributed by atoms with Gasteiger partial charge in [-0.25, -0.2) is 0 Å². The third-order valence-corrected chi connectivity index (χ3v) is 7.98. The number of esters is 1. The van der Waals surface area contributed by atoms with E-state index in [1.165, 1.54) is 141 Å². The number of carbonyl (C=O) groups excluding carboxylic acids is 1. The van der Waals surface area contributed by atoms with E-state index in [2.05, 4.69) is 38.2 Å². The van der Waals surface area contributed by atoms with Crippen LogP contribution in [-0.4, -0.2) is 37.0 Å². The van der Waals surface area contributed by atoms with Crippen molar-refractivity contribution < 1.29 is 19.4 Å². The average Bonchev–Trinajstić information content (AvgIpc) is 3.00. The Morgan fingerprint density at radius 2 is 0.976 bits per heavy atom. The Balaban J connectivity index is 3.39. The Morgan fingerprint density at radius 1 is 0.548 bits per heavy atom. The highest BCUT2D eigenvalue weighted by Crippen LogP contribution is 2.13. The van der Waals surface area contributed by atoms with E-state index in [9.17, 15) is 9.90 Å². The number of aliphatic hydroxyl groups is 1. The predicted molar refractivity (Wildman–Crippen MR) is 182 cm³/mol. The minimum atomic E-state index is -0.534. The largest absolute Gasteiger partial charge is 0.457 e. The molecule has 0 saturated carbocycles. The van der Waals surface area contributed by atoms with Gasteiger partial charge >= 0.3 is 5.97 Å². The van der Waals surface area contributed by atoms with Crippen LogP contribution in [0, 0.1) is 0 Å². The molecule has 0 aromatic heterocycles. The first-order valence-electron chi connectivity index (χ1n) is 18.4. The third-order valence-electron chi connectivity index (χ3n) is 7.98. The summed E-state index contributed by atoms with van der Waals surface area (Å²) in [4.78, 5) is 12.1. The van der Waals surface area contributed by atoms with Gasteiger partial charge in [0.2, 0.25) is 0 Å². The number of hydrogen-bond acceptors (Lipinski definition) is 4. The van der Waals surface area contributed by atoms with E-state index < -0.39 is 6.10 Å². The molecule has 0 radical (unpaired) electrons. The van der Waals surface area contributed by atoms with Crippen molar-refractivity contribution in [1.82, 2.24) is 0 Å². The molecule has 1 unspecified atom stereocenters. The van der Waals surface area contributed by atoms with E-state index in [4.69, 9.17) is 9.47 Å². The molecule has 1 atom stereocenters. The molecule has 0 saturated heterocycles. The van der Waals surface area contributed by atoms with Gasteiger partial charge in [-0.2, -0.15) is 0 Å². The first kappa shape index (κ1) is 40.9. The highest BCUT2D eigenvalue weighted by Gasteiger charge is 2.13. The summed E-state index contributed by atoms with van der Waals surface area (Å²) in [6.45, 7) is 5.28. The normalized spacial score (nSPS) is 12.5. The fourth-order valence-corrected chi connectivity index (χ4v) is 5.21. The van der Waals surface area contributed by atoms with Crippen molar-refractivity contribution in [3.05, 3.63) is 24.3 Å². The van der Waals surface area contributed by atoms with Crippen molar-refractivity contribution >= 4 is 5.97 Å². The van der Waals surface area contributed by atoms with E-state index in [-0.39, 0.29) is 12.6 Å². The highest BCUT2D eigenvalue weighted by molar-refractivity contribution is 5.69. The molecule has 248 valence electrons. The first-order chi connectivity index (χ1) is 20.7. The molecule has 0 bridgehead atoms. The number of hydrogen-bond donors (Lipinski definition) is 1. The maximum absolute atomic E-state index is 12.1. The second-order valence-electron chi connectivity index (χ2n) is 12.3. The second-order valence-corrected chi connectivity index (χ2v) is 12.3. The van der Waals surface area contributed by atoms with E-state index >= 15 is 0 Å². The Hall–Kier alpha value is -1.13. The first-order valence-corrected chi connectivity index (χ1v) is 18.4. The molecule has 4 nitrogen and oxygen atoms in total. The Kier molecular flexibility index (Phi) is 35.1. The third kappa shape index (κ3) is 33.4. The molecule has 42 heavy (non-hydrogen) atoms. The summed E-state index contributed by atoms with van der Waals surface area (Å²) in [6, 6.07) is 0. The zero-order valence-electron chi connectivity index (χ0n) is 28.3. The number of unbranched alkanes of at least 4 members (excludes halogenated alkanes) is 22. The molecule has 0 aliphatic heterocycles. The molecule has 1 N–H and O–H groups in total. The van der Waals surface area contributed by atoms with Gasteiger partial charge in [0.1, 0.15) is 6.10 Å². The number of ether oxygens (including phenoxy) is 2. The lowest BCUT2D eigenvalue weighted by Gasteiger charge is -2.15. The van der Waals surface area contributed by atoms with Gasteiger partial charge in [-0.15, -0.1) is 0 Å². The lowest BCUT2D eigenvalue weighted by Crippen LogP contribution is -2.27. The number of aliphatic hydroxyl groups excluding tert-OH is 1. The molecular weight excluding hydrogens is 520 g/mol. The summed E-state index contributed by atoms with van der Waals surface area (Å²) in [5, 5.41) is 9.53. The topological polar surface area (TPSA) is 55.8 Å². The average molecular weight is 593 g/mol. The molecule has 0 aromatic carbocycles. The summed E-state index contributed by atoms with van der Waals surface area (Å²) in [5.41, 5.74) is 0. The summed E-state index contributed by atoms with van der Waals surface area (Å²) in [7, 11) is 0. The van der Waals surface area contributed by atoms with E-state index in [0.717, 1.165) is 25.7 Å². The van der Waals surface area contributed by atoms with Crippen LogP contribution in [-0.2, 0) is 14.3 Å². The molecule has 0 rings (SSSR count). The zero-order valence-corrected chi connectivity index (χ0v) is 28.3. The predicted octanol–water partition coefficient (Wildman–Crippen LogP) is 11.6. The van der Waals surface area contributed by atoms with Crippen LogP contribution in [0.3, 0.4) is 0 Å². The molecule has 0 aromatic rings. The number of allylic oxidation sites excluding steroid dienone is 4. The molecule has 0 aliphatic carbocycles. The van der Waals surface area contributed by atoms with Crippen LogP contribution >= 0.6 is 0 Å². The van der Waals surface area contributed by atoms with Gasteiger partial charge in [0.25, 0.3) is 0 Å². The van der Waals surface area contributed by atoms with Crippen LogP contribution in [0.25, 0.3) is 0 Å². The second kappa shape index (κ2) is 36.1. The summed E-state index contributed by atoms with van der Waals surface area (Å²) in [5.74, 6) is -0.212. The van der Waals surface area contributed by atoms with Gasteiger partial charge in [-0.1, -0.05) is 147 Å². The van der Waals surface area contributed by atoms with Gasteiger partial charge in [0, 0.05) is 13.0 Å². The van der Waals surface area contributed by atoms with E-state index in [1.807, 2.05) is 0 Å². The van der Waals surface area contributed by atoms with Crippen LogP contribution in [0.2, 0.25) is 0 Å². The lowest BCUT2D eigenvalue weighted by atomic mass is 10.1. The fraction of sp³-hybridized carbons (Fsp3) is 0.868. The standard InChI is InChI=1S/C38H72O4/c1-3-5-7-9-11-13-15-16-17-18-19-20-21-22-23-24-26-28-30-32-34-41-36-37(35-39)42-38(40)33-31-29-27-25-14-12-10-8-6-4-2/h8,10,16-17,37,39H,3-7,9,11-15,18-36H2,1-2H3/b10-8-,17-16-. The Morgan fingerprint density at radius 3 is 1.45 bits per heavy atom. The van der Waals surface area contributed by atoms with Crippen LogP contribution in [0.15, 0.2) is 24.3 Å². The van der Waals surface area contributed by atoms with Crippen molar-refractivity contribution in [3.63, 3.8) is 0 Å². The number of rotatable bonds is 34. The van der Waals surface area contributed by atoms with E-state index in [1.54, 1.807) is 0 Å². The van der Waals surface area contributed by atoms with Crippen molar-refractivity contribution in [2.24, 2.45) is 0 Å². The SMILES string of the molecule is CCC/C=C\CCCCCCCC(=O)OC(CO)COCCCCCCCCCCCC/C=C\CCCCCCCC. The van der Waals surface area contributed by atoms with Gasteiger partial charge in [-0.05, 0) is 57.8 Å². The van der Waals surface area contributed by atoms with Gasteiger partial charge in [0.05, 0.1) is 13.2 Å². The van der Waals surface area contributed by atoms with Gasteiger partial charge in [-0.3, -0.25) is 4.79 Å². The zero-order chi connectivity index (χ0) is 30.6. The highest BCUT2D eigenvalue weighted by atomic mass is 16.6. The van der Waals surface area contributed by atoms with Crippen molar-refractivity contribution in [3.8, 4) is 0 Å². The van der Waals surface area contributed by atoms with Crippen LogP contribution in [0.1, 0.15) is 187 Å². The molecule has 0 aliphatic rings. The fourth-order valence-electron chi connectivity index (χ4n) is 5.21. The van der Waals surface area contributed by atoms with Crippen molar-refractivity contribution in [2.45, 2.75) is 193 Å². The van der Waals surface area contributed by atoms with Crippen molar-refractivity contribution in [2.75, 3.05) is 19.8 Å². The van der Waals surface area contributed by atoms with Crippen LogP contribution in [0.5, 0.6) is 0 Å². The minimum absolute atomic E-state index is 0.173. The smallest absolute Gasteiger partial charge is 0.306 e. The van der Waals surface area contributed by atoms with Crippen molar-refractivity contribution in [1.29, 1.82) is 0 Å².